The molecule has 18 heavy (non-hydrogen) atoms. The number of nitrogens with one attached hydrogen (secondary N) is 1. The van der Waals surface area contributed by atoms with Gasteiger partial charge in [-0.3, -0.25) is 0 Å². The quantitative estimate of drug-likeness (QED) is 0.862. The van der Waals surface area contributed by atoms with Crippen LogP contribution in [0.2, 0.25) is 0 Å². The maximum absolute atomic E-state index is 12.5. The average molecular weight is 279 g/mol. The normalized spacial score (nSPS) is 12.2. The molecule has 0 unspecified atom stereocenters. The van der Waals surface area contributed by atoms with Crippen molar-refractivity contribution in [1.82, 2.24) is 0 Å². The molecule has 1 aromatic carbocycles. The number of hydrogen-bond acceptors (Lipinski definition) is 3. The van der Waals surface area contributed by atoms with E-state index in [1.807, 2.05) is 0 Å². The van der Waals surface area contributed by atoms with Crippen molar-refractivity contribution in [2.24, 2.45) is 0 Å². The number of benzene rings is 1. The van der Waals surface area contributed by atoms with Crippen molar-refractivity contribution in [2.75, 3.05) is 11.9 Å². The summed E-state index contributed by atoms with van der Waals surface area (Å²) in [6, 6.07) is 4.89. The number of rotatable bonds is 4. The first-order valence-corrected chi connectivity index (χ1v) is 6.43. The second kappa shape index (κ2) is 5.01. The zero-order valence-corrected chi connectivity index (χ0v) is 10.4. The molecule has 0 radical (unpaired) electrons. The lowest BCUT2D eigenvalue weighted by atomic mass is 10.3. The van der Waals surface area contributed by atoms with Crippen LogP contribution < -0.4 is 5.32 Å². The third-order valence-corrected chi connectivity index (χ3v) is 3.61. The highest BCUT2D eigenvalue weighted by molar-refractivity contribution is 7.92. The van der Waals surface area contributed by atoms with E-state index in [4.69, 9.17) is 0 Å². The molecule has 0 saturated heterocycles. The smallest absolute Gasteiger partial charge is 0.380 e. The molecule has 100 valence electrons. The summed E-state index contributed by atoms with van der Waals surface area (Å²) in [5.74, 6) is 0. The van der Waals surface area contributed by atoms with Crippen molar-refractivity contribution in [3.05, 3.63) is 36.4 Å². The summed E-state index contributed by atoms with van der Waals surface area (Å²) >= 11 is 0. The Kier molecular flexibility index (Phi) is 4.05. The second-order valence-electron chi connectivity index (χ2n) is 3.76. The van der Waals surface area contributed by atoms with Crippen molar-refractivity contribution < 1.29 is 21.6 Å². The molecule has 0 saturated carbocycles. The van der Waals surface area contributed by atoms with E-state index in [-0.39, 0.29) is 12.2 Å². The first-order valence-electron chi connectivity index (χ1n) is 4.95. The van der Waals surface area contributed by atoms with Crippen LogP contribution in [0.3, 0.4) is 0 Å². The van der Waals surface area contributed by atoms with Gasteiger partial charge in [-0.2, -0.15) is 13.2 Å². The SMILES string of the molecule is C=C(C)CNc1ccccc1S(=O)(=O)C(F)(F)F. The van der Waals surface area contributed by atoms with E-state index in [0.29, 0.717) is 5.57 Å². The van der Waals surface area contributed by atoms with Gasteiger partial charge in [-0.05, 0) is 19.1 Å². The number of hydrogen-bond donors (Lipinski definition) is 1. The van der Waals surface area contributed by atoms with Crippen molar-refractivity contribution >= 4 is 15.5 Å². The van der Waals surface area contributed by atoms with Gasteiger partial charge in [-0.25, -0.2) is 8.42 Å². The lowest BCUT2D eigenvalue weighted by molar-refractivity contribution is -0.0435. The van der Waals surface area contributed by atoms with Crippen LogP contribution in [0.5, 0.6) is 0 Å². The highest BCUT2D eigenvalue weighted by Gasteiger charge is 2.47. The van der Waals surface area contributed by atoms with Crippen LogP contribution in [-0.4, -0.2) is 20.5 Å². The van der Waals surface area contributed by atoms with E-state index in [2.05, 4.69) is 11.9 Å². The predicted molar refractivity (Wildman–Crippen MR) is 63.0 cm³/mol. The molecule has 0 fully saturated rings. The molecule has 0 aliphatic rings. The Morgan fingerprint density at radius 1 is 1.33 bits per heavy atom. The van der Waals surface area contributed by atoms with Crippen LogP contribution in [-0.2, 0) is 9.84 Å². The number of alkyl halides is 3. The lowest BCUT2D eigenvalue weighted by Gasteiger charge is -2.13. The molecule has 1 N–H and O–H groups in total. The molecule has 0 aliphatic heterocycles. The molecule has 7 heteroatoms. The fourth-order valence-corrected chi connectivity index (χ4v) is 2.15. The zero-order chi connectivity index (χ0) is 14.0. The molecular weight excluding hydrogens is 267 g/mol. The summed E-state index contributed by atoms with van der Waals surface area (Å²) in [4.78, 5) is -0.779. The van der Waals surface area contributed by atoms with Crippen LogP contribution in [0.15, 0.2) is 41.3 Å². The number of anilines is 1. The Hall–Kier alpha value is -1.50. The van der Waals surface area contributed by atoms with Gasteiger partial charge in [0.15, 0.2) is 0 Å². The topological polar surface area (TPSA) is 46.2 Å². The van der Waals surface area contributed by atoms with E-state index in [0.717, 1.165) is 6.07 Å². The molecule has 3 nitrogen and oxygen atoms in total. The molecule has 0 amide bonds. The largest absolute Gasteiger partial charge is 0.501 e. The summed E-state index contributed by atoms with van der Waals surface area (Å²) in [6.07, 6.45) is 0. The average Bonchev–Trinajstić information content (AvgIpc) is 2.25. The van der Waals surface area contributed by atoms with Gasteiger partial charge in [0.1, 0.15) is 0 Å². The van der Waals surface area contributed by atoms with Gasteiger partial charge < -0.3 is 5.32 Å². The van der Waals surface area contributed by atoms with Crippen molar-refractivity contribution in [3.63, 3.8) is 0 Å². The minimum atomic E-state index is -5.35. The minimum Gasteiger partial charge on any atom is -0.380 e. The Balaban J connectivity index is 3.22. The molecule has 0 aromatic heterocycles. The van der Waals surface area contributed by atoms with E-state index in [1.165, 1.54) is 18.2 Å². The van der Waals surface area contributed by atoms with Crippen LogP contribution in [0.1, 0.15) is 6.92 Å². The number of halogens is 3. The lowest BCUT2D eigenvalue weighted by Crippen LogP contribution is -2.24. The fourth-order valence-electron chi connectivity index (χ4n) is 1.22. The van der Waals surface area contributed by atoms with Crippen molar-refractivity contribution in [1.29, 1.82) is 0 Å². The molecule has 0 atom stereocenters. The molecule has 0 spiro atoms. The first-order chi connectivity index (χ1) is 8.16. The van der Waals surface area contributed by atoms with Crippen molar-refractivity contribution in [3.8, 4) is 0 Å². The van der Waals surface area contributed by atoms with Gasteiger partial charge in [0.05, 0.1) is 10.6 Å². The van der Waals surface area contributed by atoms with Crippen molar-refractivity contribution in [2.45, 2.75) is 17.3 Å². The minimum absolute atomic E-state index is 0.0853. The van der Waals surface area contributed by atoms with Crippen LogP contribution in [0, 0.1) is 0 Å². The van der Waals surface area contributed by atoms with E-state index in [9.17, 15) is 21.6 Å². The fraction of sp³-hybridized carbons (Fsp3) is 0.273. The predicted octanol–water partition coefficient (Wildman–Crippen LogP) is 2.97. The van der Waals surface area contributed by atoms with Gasteiger partial charge >= 0.3 is 5.51 Å². The van der Waals surface area contributed by atoms with Crippen LogP contribution >= 0.6 is 0 Å². The Morgan fingerprint density at radius 3 is 2.39 bits per heavy atom. The van der Waals surface area contributed by atoms with Gasteiger partial charge in [-0.1, -0.05) is 24.3 Å². The molecule has 1 rings (SSSR count). The molecule has 0 aliphatic carbocycles. The molecular formula is C11H12F3NO2S. The Bertz CT molecular complexity index is 550. The second-order valence-corrected chi connectivity index (χ2v) is 5.67. The van der Waals surface area contributed by atoms with Gasteiger partial charge in [0, 0.05) is 6.54 Å². The monoisotopic (exact) mass is 279 g/mol. The third kappa shape index (κ3) is 3.04. The first kappa shape index (κ1) is 14.6. The summed E-state index contributed by atoms with van der Waals surface area (Å²) in [5.41, 5.74) is -4.72. The van der Waals surface area contributed by atoms with Crippen LogP contribution in [0.4, 0.5) is 18.9 Å². The standard InChI is InChI=1S/C11H12F3NO2S/c1-8(2)7-15-9-5-3-4-6-10(9)18(16,17)11(12,13)14/h3-6,15H,1,7H2,2H3. The molecule has 0 heterocycles. The summed E-state index contributed by atoms with van der Waals surface area (Å²) in [6.45, 7) is 5.45. The highest BCUT2D eigenvalue weighted by atomic mass is 32.2. The Morgan fingerprint density at radius 2 is 1.89 bits per heavy atom. The van der Waals surface area contributed by atoms with Gasteiger partial charge in [-0.15, -0.1) is 0 Å². The number of sulfone groups is 1. The van der Waals surface area contributed by atoms with E-state index in [1.54, 1.807) is 6.92 Å². The third-order valence-electron chi connectivity index (χ3n) is 2.06. The van der Waals surface area contributed by atoms with Gasteiger partial charge in [0.25, 0.3) is 9.84 Å². The summed E-state index contributed by atoms with van der Waals surface area (Å²) in [7, 11) is -5.35. The van der Waals surface area contributed by atoms with E-state index < -0.39 is 20.2 Å². The Labute approximate surface area is 103 Å². The molecule has 1 aromatic rings. The van der Waals surface area contributed by atoms with Crippen LogP contribution in [0.25, 0.3) is 0 Å². The highest BCUT2D eigenvalue weighted by Crippen LogP contribution is 2.34. The van der Waals surface area contributed by atoms with Gasteiger partial charge in [0.2, 0.25) is 0 Å². The summed E-state index contributed by atoms with van der Waals surface area (Å²) in [5, 5.41) is 2.61. The maximum Gasteiger partial charge on any atom is 0.501 e. The van der Waals surface area contributed by atoms with E-state index >= 15 is 0 Å². The molecule has 0 bridgehead atoms. The summed E-state index contributed by atoms with van der Waals surface area (Å²) < 4.78 is 60.1. The zero-order valence-electron chi connectivity index (χ0n) is 9.58. The number of para-hydroxylation sites is 1. The maximum atomic E-state index is 12.5.